The topological polar surface area (TPSA) is 52.6 Å². The van der Waals surface area contributed by atoms with Crippen molar-refractivity contribution < 1.29 is 19.1 Å². The zero-order valence-corrected chi connectivity index (χ0v) is 10.9. The summed E-state index contributed by atoms with van der Waals surface area (Å²) in [6.45, 7) is 3.74. The van der Waals surface area contributed by atoms with Gasteiger partial charge in [-0.1, -0.05) is 11.6 Å². The molecular formula is C13H13ClO4. The Balaban J connectivity index is 2.32. The van der Waals surface area contributed by atoms with Crippen LogP contribution < -0.4 is 4.74 Å². The number of benzene rings is 1. The summed E-state index contributed by atoms with van der Waals surface area (Å²) in [5, 5.41) is 0.351. The van der Waals surface area contributed by atoms with Crippen molar-refractivity contribution in [2.45, 2.75) is 26.4 Å². The Kier molecular flexibility index (Phi) is 3.57. The summed E-state index contributed by atoms with van der Waals surface area (Å²) < 4.78 is 10.2. The molecule has 0 amide bonds. The summed E-state index contributed by atoms with van der Waals surface area (Å²) in [7, 11) is 0. The van der Waals surface area contributed by atoms with E-state index in [1.165, 1.54) is 6.07 Å². The minimum Gasteiger partial charge on any atom is -0.489 e. The van der Waals surface area contributed by atoms with Crippen molar-refractivity contribution in [2.24, 2.45) is 0 Å². The molecule has 0 fully saturated rings. The van der Waals surface area contributed by atoms with Gasteiger partial charge in [0, 0.05) is 17.5 Å². The highest BCUT2D eigenvalue weighted by atomic mass is 35.5. The lowest BCUT2D eigenvalue weighted by Gasteiger charge is -2.06. The van der Waals surface area contributed by atoms with Crippen LogP contribution in [0.1, 0.15) is 29.8 Å². The molecule has 1 aliphatic rings. The third-order valence-electron chi connectivity index (χ3n) is 2.67. The molecular weight excluding hydrogens is 256 g/mol. The van der Waals surface area contributed by atoms with E-state index in [0.29, 0.717) is 17.2 Å². The van der Waals surface area contributed by atoms with E-state index in [4.69, 9.17) is 16.3 Å². The molecule has 1 unspecified atom stereocenters. The van der Waals surface area contributed by atoms with E-state index < -0.39 is 11.8 Å². The van der Waals surface area contributed by atoms with Gasteiger partial charge in [-0.15, -0.1) is 0 Å². The summed E-state index contributed by atoms with van der Waals surface area (Å²) >= 11 is 6.04. The first-order chi connectivity index (χ1) is 8.52. The van der Waals surface area contributed by atoms with Crippen LogP contribution in [0.15, 0.2) is 12.1 Å². The molecule has 0 radical (unpaired) electrons. The average Bonchev–Trinajstić information content (AvgIpc) is 2.69. The molecule has 4 nitrogen and oxygen atoms in total. The van der Waals surface area contributed by atoms with E-state index in [9.17, 15) is 9.59 Å². The van der Waals surface area contributed by atoms with Gasteiger partial charge in [0.1, 0.15) is 11.9 Å². The monoisotopic (exact) mass is 268 g/mol. The molecule has 0 aromatic heterocycles. The van der Waals surface area contributed by atoms with Crippen molar-refractivity contribution in [1.82, 2.24) is 0 Å². The van der Waals surface area contributed by atoms with E-state index >= 15 is 0 Å². The van der Waals surface area contributed by atoms with Crippen molar-refractivity contribution in [3.8, 4) is 5.75 Å². The number of fused-ring (bicyclic) bond motifs is 1. The minimum atomic E-state index is -0.861. The number of rotatable bonds is 3. The molecule has 1 aromatic carbocycles. The van der Waals surface area contributed by atoms with Gasteiger partial charge in [-0.25, -0.2) is 4.79 Å². The van der Waals surface area contributed by atoms with E-state index in [-0.39, 0.29) is 18.3 Å². The van der Waals surface area contributed by atoms with E-state index in [1.807, 2.05) is 6.92 Å². The lowest BCUT2D eigenvalue weighted by molar-refractivity contribution is -0.137. The predicted octanol–water partition coefficient (Wildman–Crippen LogP) is 2.41. The molecule has 0 saturated heterocycles. The molecule has 1 aliphatic heterocycles. The van der Waals surface area contributed by atoms with Crippen LogP contribution in [-0.4, -0.2) is 24.5 Å². The minimum absolute atomic E-state index is 0.0328. The van der Waals surface area contributed by atoms with Crippen molar-refractivity contribution in [1.29, 1.82) is 0 Å². The summed E-state index contributed by atoms with van der Waals surface area (Å²) in [5.41, 5.74) is 1.09. The number of esters is 1. The van der Waals surface area contributed by atoms with Crippen molar-refractivity contribution in [2.75, 3.05) is 6.61 Å². The van der Waals surface area contributed by atoms with E-state index in [0.717, 1.165) is 5.56 Å². The van der Waals surface area contributed by atoms with E-state index in [2.05, 4.69) is 4.74 Å². The maximum Gasteiger partial charge on any atom is 0.379 e. The Labute approximate surface area is 110 Å². The van der Waals surface area contributed by atoms with Gasteiger partial charge >= 0.3 is 5.97 Å². The fourth-order valence-electron chi connectivity index (χ4n) is 1.93. The number of Topliss-reactive ketones (excluding diaryl/α,β-unsaturated/α-hetero) is 1. The highest BCUT2D eigenvalue weighted by Gasteiger charge is 2.26. The Morgan fingerprint density at radius 2 is 2.22 bits per heavy atom. The SMILES string of the molecule is CCOC(=O)C(=O)c1cc(Cl)c2c(c1)CC(C)O2. The fourth-order valence-corrected chi connectivity index (χ4v) is 2.22. The van der Waals surface area contributed by atoms with Crippen molar-refractivity contribution >= 4 is 23.4 Å². The molecule has 5 heteroatoms. The molecule has 18 heavy (non-hydrogen) atoms. The first-order valence-corrected chi connectivity index (χ1v) is 6.11. The average molecular weight is 269 g/mol. The third kappa shape index (κ3) is 2.34. The smallest absolute Gasteiger partial charge is 0.379 e. The van der Waals surface area contributed by atoms with Gasteiger partial charge in [0.15, 0.2) is 0 Å². The number of carbonyl (C=O) groups is 2. The van der Waals surface area contributed by atoms with Crippen LogP contribution in [0.3, 0.4) is 0 Å². The summed E-state index contributed by atoms with van der Waals surface area (Å²) in [6, 6.07) is 3.08. The fraction of sp³-hybridized carbons (Fsp3) is 0.385. The Morgan fingerprint density at radius 1 is 1.50 bits per heavy atom. The van der Waals surface area contributed by atoms with Crippen LogP contribution >= 0.6 is 11.6 Å². The van der Waals surface area contributed by atoms with Crippen LogP contribution in [0, 0.1) is 0 Å². The number of carbonyl (C=O) groups excluding carboxylic acids is 2. The molecule has 0 saturated carbocycles. The number of hydrogen-bond acceptors (Lipinski definition) is 4. The van der Waals surface area contributed by atoms with Crippen LogP contribution in [0.4, 0.5) is 0 Å². The summed E-state index contributed by atoms with van der Waals surface area (Å²) in [6.07, 6.45) is 0.712. The van der Waals surface area contributed by atoms with Crippen molar-refractivity contribution in [3.05, 3.63) is 28.3 Å². The Bertz CT molecular complexity index is 510. The normalized spacial score (nSPS) is 16.9. The van der Waals surface area contributed by atoms with E-state index in [1.54, 1.807) is 13.0 Å². The number of ketones is 1. The van der Waals surface area contributed by atoms with Gasteiger partial charge in [-0.3, -0.25) is 4.79 Å². The molecule has 1 atom stereocenters. The van der Waals surface area contributed by atoms with Crippen molar-refractivity contribution in [3.63, 3.8) is 0 Å². The zero-order chi connectivity index (χ0) is 13.3. The Morgan fingerprint density at radius 3 is 2.89 bits per heavy atom. The maximum atomic E-state index is 11.8. The second-order valence-corrected chi connectivity index (χ2v) is 4.54. The van der Waals surface area contributed by atoms with Gasteiger partial charge in [0.25, 0.3) is 5.78 Å². The van der Waals surface area contributed by atoms with Crippen LogP contribution in [-0.2, 0) is 16.0 Å². The highest BCUT2D eigenvalue weighted by molar-refractivity contribution is 6.41. The zero-order valence-electron chi connectivity index (χ0n) is 10.2. The number of ether oxygens (including phenoxy) is 2. The first-order valence-electron chi connectivity index (χ1n) is 5.73. The van der Waals surface area contributed by atoms with Gasteiger partial charge in [0.2, 0.25) is 0 Å². The number of hydrogen-bond donors (Lipinski definition) is 0. The van der Waals surface area contributed by atoms with Crippen LogP contribution in [0.25, 0.3) is 0 Å². The van der Waals surface area contributed by atoms with Gasteiger partial charge in [-0.2, -0.15) is 0 Å². The number of halogens is 1. The van der Waals surface area contributed by atoms with Gasteiger partial charge in [0.05, 0.1) is 11.6 Å². The predicted molar refractivity (Wildman–Crippen MR) is 66.2 cm³/mol. The van der Waals surface area contributed by atoms with Crippen LogP contribution in [0.5, 0.6) is 5.75 Å². The second-order valence-electron chi connectivity index (χ2n) is 4.13. The largest absolute Gasteiger partial charge is 0.489 e. The third-order valence-corrected chi connectivity index (χ3v) is 2.95. The lowest BCUT2D eigenvalue weighted by Crippen LogP contribution is -2.17. The van der Waals surface area contributed by atoms with Gasteiger partial charge in [-0.05, 0) is 26.0 Å². The Hall–Kier alpha value is -1.55. The molecule has 0 spiro atoms. The molecule has 0 N–H and O–H groups in total. The standard InChI is InChI=1S/C13H13ClO4/c1-3-17-13(16)11(15)8-5-9-4-7(2)18-12(9)10(14)6-8/h5-7H,3-4H2,1-2H3. The van der Waals surface area contributed by atoms with Crippen LogP contribution in [0.2, 0.25) is 5.02 Å². The second kappa shape index (κ2) is 4.98. The molecule has 96 valence electrons. The quantitative estimate of drug-likeness (QED) is 0.480. The molecule has 0 bridgehead atoms. The summed E-state index contributed by atoms with van der Waals surface area (Å²) in [4.78, 5) is 23.2. The molecule has 2 rings (SSSR count). The molecule has 1 heterocycles. The highest BCUT2D eigenvalue weighted by Crippen LogP contribution is 2.37. The lowest BCUT2D eigenvalue weighted by atomic mass is 10.0. The maximum absolute atomic E-state index is 11.8. The molecule has 1 aromatic rings. The first kappa shape index (κ1) is 12.9. The molecule has 0 aliphatic carbocycles. The van der Waals surface area contributed by atoms with Gasteiger partial charge < -0.3 is 9.47 Å². The summed E-state index contributed by atoms with van der Waals surface area (Å²) in [5.74, 6) is -0.939.